The van der Waals surface area contributed by atoms with E-state index >= 15 is 0 Å². The summed E-state index contributed by atoms with van der Waals surface area (Å²) in [6, 6.07) is 44.5. The number of aryl methyl sites for hydroxylation is 3. The summed E-state index contributed by atoms with van der Waals surface area (Å²) < 4.78 is 2.25. The Balaban J connectivity index is 0.000000333. The second-order valence-electron chi connectivity index (χ2n) is 13.2. The Morgan fingerprint density at radius 3 is 1.70 bits per heavy atom. The molecule has 270 valence electrons. The van der Waals surface area contributed by atoms with Gasteiger partial charge >= 0.3 is 0 Å². The second-order valence-corrected chi connectivity index (χ2v) is 13.2. The molecular weight excluding hydrogens is 653 g/mol. The van der Waals surface area contributed by atoms with Gasteiger partial charge in [-0.2, -0.15) is 0 Å². The van der Waals surface area contributed by atoms with Crippen molar-refractivity contribution in [2.24, 2.45) is 5.73 Å². The summed E-state index contributed by atoms with van der Waals surface area (Å²) in [6.45, 7) is 14.7. The molecule has 0 radical (unpaired) electrons. The zero-order valence-corrected chi connectivity index (χ0v) is 32.3. The quantitative estimate of drug-likeness (QED) is 0.112. The van der Waals surface area contributed by atoms with Crippen LogP contribution in [0.25, 0.3) is 45.8 Å². The number of hydrogen-bond donors (Lipinski definition) is 1. The number of aromatic nitrogens is 1. The van der Waals surface area contributed by atoms with Crippen molar-refractivity contribution in [1.82, 2.24) is 4.57 Å². The van der Waals surface area contributed by atoms with E-state index in [9.17, 15) is 0 Å². The molecule has 1 heterocycles. The van der Waals surface area contributed by atoms with Crippen LogP contribution in [0.1, 0.15) is 47.4 Å². The van der Waals surface area contributed by atoms with Gasteiger partial charge in [-0.05, 0) is 104 Å². The first-order valence-corrected chi connectivity index (χ1v) is 18.7. The van der Waals surface area contributed by atoms with E-state index in [1.165, 1.54) is 44.5 Å². The Bertz CT molecular complexity index is 2350. The zero-order chi connectivity index (χ0) is 38.3. The molecule has 54 heavy (non-hydrogen) atoms. The summed E-state index contributed by atoms with van der Waals surface area (Å²) in [6.07, 6.45) is 21.3. The number of allylic oxidation sites excluding steroid dienone is 8. The maximum absolute atomic E-state index is 7.00. The van der Waals surface area contributed by atoms with Gasteiger partial charge in [-0.25, -0.2) is 0 Å². The van der Waals surface area contributed by atoms with Gasteiger partial charge in [-0.15, -0.1) is 0 Å². The van der Waals surface area contributed by atoms with Crippen molar-refractivity contribution >= 4 is 17.8 Å². The molecule has 0 fully saturated rings. The van der Waals surface area contributed by atoms with E-state index in [4.69, 9.17) is 5.73 Å². The van der Waals surface area contributed by atoms with Gasteiger partial charge in [0, 0.05) is 16.6 Å². The molecule has 2 heteroatoms. The van der Waals surface area contributed by atoms with Gasteiger partial charge in [0.15, 0.2) is 0 Å². The van der Waals surface area contributed by atoms with Crippen molar-refractivity contribution in [3.05, 3.63) is 227 Å². The normalized spacial score (nSPS) is 12.5. The molecule has 0 amide bonds. The maximum atomic E-state index is 7.00. The van der Waals surface area contributed by atoms with Crippen molar-refractivity contribution in [2.45, 2.75) is 41.0 Å². The van der Waals surface area contributed by atoms with Crippen molar-refractivity contribution in [1.29, 1.82) is 0 Å². The van der Waals surface area contributed by atoms with Crippen LogP contribution in [-0.4, -0.2) is 4.57 Å². The summed E-state index contributed by atoms with van der Waals surface area (Å²) in [5.41, 5.74) is 21.0. The lowest BCUT2D eigenvalue weighted by molar-refractivity contribution is 1.000. The number of hydrogen-bond acceptors (Lipinski definition) is 1. The van der Waals surface area contributed by atoms with Crippen molar-refractivity contribution in [2.75, 3.05) is 0 Å². The predicted molar refractivity (Wildman–Crippen MR) is 236 cm³/mol. The first kappa shape index (κ1) is 38.8. The first-order chi connectivity index (χ1) is 26.4. The third kappa shape index (κ3) is 9.53. The summed E-state index contributed by atoms with van der Waals surface area (Å²) >= 11 is 0. The fourth-order valence-electron chi connectivity index (χ4n) is 6.54. The minimum absolute atomic E-state index is 0.724. The second kappa shape index (κ2) is 19.5. The minimum atomic E-state index is 0.724. The molecule has 5 aromatic carbocycles. The Kier molecular flexibility index (Phi) is 14.0. The largest absolute Gasteiger partial charge is 0.397 e. The van der Waals surface area contributed by atoms with Crippen molar-refractivity contribution in [3.8, 4) is 27.9 Å². The molecular formula is C52H52N2. The topological polar surface area (TPSA) is 30.9 Å². The van der Waals surface area contributed by atoms with Gasteiger partial charge in [0.05, 0.1) is 11.0 Å². The van der Waals surface area contributed by atoms with E-state index in [2.05, 4.69) is 172 Å². The lowest BCUT2D eigenvalue weighted by atomic mass is 9.97. The summed E-state index contributed by atoms with van der Waals surface area (Å²) in [4.78, 5) is 0. The molecule has 0 aliphatic carbocycles. The molecule has 2 nitrogen and oxygen atoms in total. The maximum Gasteiger partial charge on any atom is 0.0774 e. The van der Waals surface area contributed by atoms with E-state index in [0.29, 0.717) is 0 Å². The van der Waals surface area contributed by atoms with Crippen LogP contribution in [0, 0.1) is 20.8 Å². The third-order valence-electron chi connectivity index (χ3n) is 9.44. The highest BCUT2D eigenvalue weighted by Gasteiger charge is 2.16. The Morgan fingerprint density at radius 1 is 0.611 bits per heavy atom. The van der Waals surface area contributed by atoms with E-state index < -0.39 is 0 Å². The Hall–Kier alpha value is -6.38. The van der Waals surface area contributed by atoms with Crippen LogP contribution in [0.3, 0.4) is 0 Å². The average Bonchev–Trinajstić information content (AvgIpc) is 3.52. The van der Waals surface area contributed by atoms with Gasteiger partial charge in [-0.3, -0.25) is 0 Å². The molecule has 0 unspecified atom stereocenters. The first-order valence-electron chi connectivity index (χ1n) is 18.7. The summed E-state index contributed by atoms with van der Waals surface area (Å²) in [5, 5.41) is 2.05. The molecule has 0 aliphatic rings. The summed E-state index contributed by atoms with van der Waals surface area (Å²) in [7, 11) is 0. The monoisotopic (exact) mass is 704 g/mol. The number of rotatable bonds is 10. The van der Waals surface area contributed by atoms with Gasteiger partial charge in [0.1, 0.15) is 0 Å². The highest BCUT2D eigenvalue weighted by Crippen LogP contribution is 2.26. The van der Waals surface area contributed by atoms with E-state index in [1.807, 2.05) is 61.6 Å². The van der Waals surface area contributed by atoms with Gasteiger partial charge < -0.3 is 10.3 Å². The highest BCUT2D eigenvalue weighted by atomic mass is 15.0. The summed E-state index contributed by atoms with van der Waals surface area (Å²) in [5.74, 6) is 0. The fourth-order valence-corrected chi connectivity index (χ4v) is 6.54. The van der Waals surface area contributed by atoms with Crippen LogP contribution in [0.5, 0.6) is 0 Å². The van der Waals surface area contributed by atoms with E-state index in [1.54, 1.807) is 0 Å². The number of nitrogens with two attached hydrogens (primary N) is 1. The Labute approximate surface area is 322 Å². The van der Waals surface area contributed by atoms with E-state index in [0.717, 1.165) is 39.6 Å². The third-order valence-corrected chi connectivity index (χ3v) is 9.44. The lowest BCUT2D eigenvalue weighted by Crippen LogP contribution is -2.35. The van der Waals surface area contributed by atoms with Crippen molar-refractivity contribution < 1.29 is 0 Å². The molecule has 0 spiro atoms. The molecule has 2 N–H and O–H groups in total. The lowest BCUT2D eigenvalue weighted by Gasteiger charge is -2.12. The van der Waals surface area contributed by atoms with Crippen molar-refractivity contribution in [3.63, 3.8) is 0 Å². The molecule has 0 saturated heterocycles. The molecule has 0 aliphatic heterocycles. The molecule has 6 rings (SSSR count). The Morgan fingerprint density at radius 2 is 1.15 bits per heavy atom. The van der Waals surface area contributed by atoms with Crippen LogP contribution in [0.2, 0.25) is 0 Å². The SMILES string of the molecule is C=Cc1c(C/C=C\C)c(=C/C=C\C=C/C=C/C)/c(=C(\N)c2ccccc2)n1-c1ccc(-c2ccc(C)cc2)cc1.Cc1ccccc1-c1ccccc1C. The molecule has 6 aromatic rings. The minimum Gasteiger partial charge on any atom is -0.397 e. The molecule has 0 saturated carbocycles. The standard InChI is InChI=1S/C38H38N2.C14H14/c1-5-8-10-11-12-16-20-35-34(19-9-6-2)36(7-3)40(38(35)37(39)32-17-14-13-15-18-32)33-27-25-31(26-28-33)30-23-21-29(4)22-24-30;1-11-7-3-5-9-13(11)14-10-6-4-8-12(14)2/h5-18,20-28H,3,19,39H2,1-2,4H3;3-10H,1-2H3/b8-5+,9-6-,11-10-,16-12-,35-20-,38-37+;. The van der Waals surface area contributed by atoms with Gasteiger partial charge in [0.2, 0.25) is 0 Å². The van der Waals surface area contributed by atoms with Crippen LogP contribution in [0.4, 0.5) is 0 Å². The van der Waals surface area contributed by atoms with Gasteiger partial charge in [0.25, 0.3) is 0 Å². The zero-order valence-electron chi connectivity index (χ0n) is 32.3. The van der Waals surface area contributed by atoms with Crippen LogP contribution >= 0.6 is 0 Å². The molecule has 1 aromatic heterocycles. The van der Waals surface area contributed by atoms with Gasteiger partial charge in [-0.1, -0.05) is 182 Å². The van der Waals surface area contributed by atoms with Crippen LogP contribution in [-0.2, 0) is 6.42 Å². The predicted octanol–water partition coefficient (Wildman–Crippen LogP) is 11.8. The average molecular weight is 705 g/mol. The van der Waals surface area contributed by atoms with E-state index in [-0.39, 0.29) is 0 Å². The molecule has 0 atom stereocenters. The highest BCUT2D eigenvalue weighted by molar-refractivity contribution is 5.71. The fraction of sp³-hybridized carbons (Fsp3) is 0.115. The number of nitrogens with zero attached hydrogens (tertiary/aromatic N) is 1. The van der Waals surface area contributed by atoms with Crippen LogP contribution < -0.4 is 16.3 Å². The smallest absolute Gasteiger partial charge is 0.0774 e. The number of benzene rings is 5. The van der Waals surface area contributed by atoms with Crippen LogP contribution in [0.15, 0.2) is 183 Å². The molecule has 0 bridgehead atoms.